The van der Waals surface area contributed by atoms with Crippen molar-refractivity contribution in [1.29, 1.82) is 0 Å². The van der Waals surface area contributed by atoms with Gasteiger partial charge in [0.1, 0.15) is 0 Å². The third-order valence-corrected chi connectivity index (χ3v) is 2.36. The lowest BCUT2D eigenvalue weighted by Gasteiger charge is -2.01. The van der Waals surface area contributed by atoms with E-state index in [9.17, 15) is 0 Å². The van der Waals surface area contributed by atoms with E-state index in [0.29, 0.717) is 10.2 Å². The predicted molar refractivity (Wildman–Crippen MR) is 57.5 cm³/mol. The zero-order valence-electron chi connectivity index (χ0n) is 7.11. The van der Waals surface area contributed by atoms with Gasteiger partial charge >= 0.3 is 0 Å². The highest BCUT2D eigenvalue weighted by atomic mass is 35.5. The van der Waals surface area contributed by atoms with Crippen LogP contribution in [0, 0.1) is 0 Å². The third-order valence-electron chi connectivity index (χ3n) is 1.83. The third kappa shape index (κ3) is 1.86. The van der Waals surface area contributed by atoms with Gasteiger partial charge in [0.15, 0.2) is 5.15 Å². The smallest absolute Gasteiger partial charge is 0.158 e. The van der Waals surface area contributed by atoms with Gasteiger partial charge in [-0.1, -0.05) is 35.3 Å². The lowest BCUT2D eigenvalue weighted by Crippen LogP contribution is -1.85. The lowest BCUT2D eigenvalue weighted by molar-refractivity contribution is 1.03. The number of benzene rings is 1. The minimum Gasteiger partial charge on any atom is -0.158 e. The van der Waals surface area contributed by atoms with Gasteiger partial charge in [0, 0.05) is 10.6 Å². The van der Waals surface area contributed by atoms with Gasteiger partial charge < -0.3 is 0 Å². The Hall–Kier alpha value is -1.12. The van der Waals surface area contributed by atoms with Crippen LogP contribution in [-0.2, 0) is 0 Å². The zero-order chi connectivity index (χ0) is 9.97. The Kier molecular flexibility index (Phi) is 2.66. The summed E-state index contributed by atoms with van der Waals surface area (Å²) in [5, 5.41) is 8.54. The Morgan fingerprint density at radius 1 is 0.929 bits per heavy atom. The molecule has 0 amide bonds. The van der Waals surface area contributed by atoms with Crippen LogP contribution in [0.25, 0.3) is 11.1 Å². The fraction of sp³-hybridized carbons (Fsp3) is 0. The van der Waals surface area contributed by atoms with Crippen LogP contribution in [0.5, 0.6) is 0 Å². The summed E-state index contributed by atoms with van der Waals surface area (Å²) in [6, 6.07) is 9.23. The predicted octanol–water partition coefficient (Wildman–Crippen LogP) is 3.45. The van der Waals surface area contributed by atoms with E-state index in [-0.39, 0.29) is 0 Å². The Balaban J connectivity index is 2.50. The van der Waals surface area contributed by atoms with Crippen LogP contribution in [0.1, 0.15) is 0 Å². The molecule has 0 aliphatic carbocycles. The zero-order valence-corrected chi connectivity index (χ0v) is 8.63. The fourth-order valence-electron chi connectivity index (χ4n) is 1.16. The molecule has 0 atom stereocenters. The molecule has 70 valence electrons. The SMILES string of the molecule is Clc1ccc(-c2ccnnc2Cl)cc1. The first-order valence-corrected chi connectivity index (χ1v) is 4.76. The van der Waals surface area contributed by atoms with E-state index in [4.69, 9.17) is 23.2 Å². The highest BCUT2D eigenvalue weighted by Gasteiger charge is 2.03. The molecule has 0 unspecified atom stereocenters. The number of hydrogen-bond acceptors (Lipinski definition) is 2. The molecule has 0 radical (unpaired) electrons. The molecule has 2 aromatic rings. The Labute approximate surface area is 91.5 Å². The lowest BCUT2D eigenvalue weighted by atomic mass is 10.1. The molecule has 14 heavy (non-hydrogen) atoms. The van der Waals surface area contributed by atoms with Crippen LogP contribution in [-0.4, -0.2) is 10.2 Å². The van der Waals surface area contributed by atoms with E-state index in [2.05, 4.69) is 10.2 Å². The van der Waals surface area contributed by atoms with E-state index in [1.807, 2.05) is 30.3 Å². The molecule has 0 aliphatic heterocycles. The van der Waals surface area contributed by atoms with Crippen molar-refractivity contribution in [2.24, 2.45) is 0 Å². The summed E-state index contributed by atoms with van der Waals surface area (Å²) in [5.74, 6) is 0. The largest absolute Gasteiger partial charge is 0.159 e. The van der Waals surface area contributed by atoms with Crippen molar-refractivity contribution >= 4 is 23.2 Å². The van der Waals surface area contributed by atoms with Crippen LogP contribution in [0.3, 0.4) is 0 Å². The molecule has 4 heteroatoms. The molecule has 0 bridgehead atoms. The van der Waals surface area contributed by atoms with Gasteiger partial charge in [-0.05, 0) is 23.8 Å². The van der Waals surface area contributed by atoms with E-state index in [0.717, 1.165) is 11.1 Å². The second-order valence-electron chi connectivity index (χ2n) is 2.74. The molecule has 2 rings (SSSR count). The summed E-state index contributed by atoms with van der Waals surface area (Å²) in [4.78, 5) is 0. The summed E-state index contributed by atoms with van der Waals surface area (Å²) in [6.07, 6.45) is 1.61. The number of rotatable bonds is 1. The average molecular weight is 225 g/mol. The average Bonchev–Trinajstić information content (AvgIpc) is 2.20. The van der Waals surface area contributed by atoms with Crippen LogP contribution < -0.4 is 0 Å². The molecule has 1 aromatic carbocycles. The van der Waals surface area contributed by atoms with Crippen LogP contribution in [0.15, 0.2) is 36.5 Å². The summed E-state index contributed by atoms with van der Waals surface area (Å²) < 4.78 is 0. The van der Waals surface area contributed by atoms with Crippen LogP contribution >= 0.6 is 23.2 Å². The van der Waals surface area contributed by atoms with Crippen molar-refractivity contribution in [3.63, 3.8) is 0 Å². The summed E-state index contributed by atoms with van der Waals surface area (Å²) in [7, 11) is 0. The molecular weight excluding hydrogens is 219 g/mol. The monoisotopic (exact) mass is 224 g/mol. The summed E-state index contributed by atoms with van der Waals surface area (Å²) in [5.41, 5.74) is 1.84. The van der Waals surface area contributed by atoms with Crippen LogP contribution in [0.4, 0.5) is 0 Å². The molecule has 2 nitrogen and oxygen atoms in total. The topological polar surface area (TPSA) is 25.8 Å². The molecule has 0 saturated carbocycles. The normalized spacial score (nSPS) is 10.1. The molecule has 0 saturated heterocycles. The molecule has 0 spiro atoms. The van der Waals surface area contributed by atoms with Crippen molar-refractivity contribution in [2.45, 2.75) is 0 Å². The number of halogens is 2. The highest BCUT2D eigenvalue weighted by molar-refractivity contribution is 6.32. The number of hydrogen-bond donors (Lipinski definition) is 0. The van der Waals surface area contributed by atoms with Crippen molar-refractivity contribution in [3.8, 4) is 11.1 Å². The Morgan fingerprint density at radius 3 is 2.29 bits per heavy atom. The van der Waals surface area contributed by atoms with Gasteiger partial charge in [-0.15, -0.1) is 5.10 Å². The standard InChI is InChI=1S/C10H6Cl2N2/c11-8-3-1-7(2-4-8)9-5-6-13-14-10(9)12/h1-6H. The van der Waals surface area contributed by atoms with E-state index in [1.165, 1.54) is 0 Å². The number of aromatic nitrogens is 2. The van der Waals surface area contributed by atoms with Crippen molar-refractivity contribution in [2.75, 3.05) is 0 Å². The Bertz CT molecular complexity index is 440. The van der Waals surface area contributed by atoms with Crippen molar-refractivity contribution in [1.82, 2.24) is 10.2 Å². The van der Waals surface area contributed by atoms with Gasteiger partial charge in [-0.25, -0.2) is 0 Å². The maximum Gasteiger partial charge on any atom is 0.159 e. The van der Waals surface area contributed by atoms with Gasteiger partial charge in [-0.2, -0.15) is 5.10 Å². The molecule has 0 N–H and O–H groups in total. The first kappa shape index (κ1) is 9.44. The Morgan fingerprint density at radius 2 is 1.64 bits per heavy atom. The fourth-order valence-corrected chi connectivity index (χ4v) is 1.50. The summed E-state index contributed by atoms with van der Waals surface area (Å²) >= 11 is 11.7. The van der Waals surface area contributed by atoms with Gasteiger partial charge in [-0.3, -0.25) is 0 Å². The van der Waals surface area contributed by atoms with Gasteiger partial charge in [0.25, 0.3) is 0 Å². The quantitative estimate of drug-likeness (QED) is 0.742. The molecule has 0 aliphatic rings. The molecule has 1 heterocycles. The van der Waals surface area contributed by atoms with E-state index in [1.54, 1.807) is 6.20 Å². The van der Waals surface area contributed by atoms with Gasteiger partial charge in [0.05, 0.1) is 6.20 Å². The summed E-state index contributed by atoms with van der Waals surface area (Å²) in [6.45, 7) is 0. The first-order valence-electron chi connectivity index (χ1n) is 4.00. The van der Waals surface area contributed by atoms with Crippen molar-refractivity contribution in [3.05, 3.63) is 46.7 Å². The molecular formula is C10H6Cl2N2. The molecule has 1 aromatic heterocycles. The maximum atomic E-state index is 5.89. The van der Waals surface area contributed by atoms with E-state index < -0.39 is 0 Å². The second-order valence-corrected chi connectivity index (χ2v) is 3.54. The maximum absolute atomic E-state index is 5.89. The van der Waals surface area contributed by atoms with Crippen LogP contribution in [0.2, 0.25) is 10.2 Å². The minimum absolute atomic E-state index is 0.398. The van der Waals surface area contributed by atoms with Gasteiger partial charge in [0.2, 0.25) is 0 Å². The highest BCUT2D eigenvalue weighted by Crippen LogP contribution is 2.25. The first-order chi connectivity index (χ1) is 6.77. The molecule has 0 fully saturated rings. The number of nitrogens with zero attached hydrogens (tertiary/aromatic N) is 2. The van der Waals surface area contributed by atoms with E-state index >= 15 is 0 Å². The second kappa shape index (κ2) is 3.95. The van der Waals surface area contributed by atoms with Crippen molar-refractivity contribution < 1.29 is 0 Å². The minimum atomic E-state index is 0.398.